The van der Waals surface area contributed by atoms with Crippen LogP contribution in [-0.2, 0) is 10.0 Å². The van der Waals surface area contributed by atoms with E-state index >= 15 is 0 Å². The van der Waals surface area contributed by atoms with Crippen LogP contribution in [0.4, 0.5) is 5.69 Å². The van der Waals surface area contributed by atoms with Gasteiger partial charge in [0.2, 0.25) is 0 Å². The minimum atomic E-state index is -3.84. The zero-order valence-corrected chi connectivity index (χ0v) is 24.2. The summed E-state index contributed by atoms with van der Waals surface area (Å²) in [6.07, 6.45) is 0. The summed E-state index contributed by atoms with van der Waals surface area (Å²) in [5.74, 6) is 0.711. The molecule has 8 heteroatoms. The minimum Gasteiger partial charge on any atom is -0.496 e. The van der Waals surface area contributed by atoms with Crippen molar-refractivity contribution in [3.8, 4) is 11.4 Å². The summed E-state index contributed by atoms with van der Waals surface area (Å²) in [5.41, 5.74) is 5.74. The lowest BCUT2D eigenvalue weighted by Gasteiger charge is -2.21. The molecule has 36 heavy (non-hydrogen) atoms. The highest BCUT2D eigenvalue weighted by Gasteiger charge is 2.24. The monoisotopic (exact) mass is 626 g/mol. The SMILES string of the molecule is COc1c(C)cc(NS(=O)(=O)c2ccc(C)cc2)c(-n2c3cc(Br)ccc3c3ccc(Br)cc32)c1C. The average Bonchev–Trinajstić information content (AvgIpc) is 3.11. The fourth-order valence-electron chi connectivity index (χ4n) is 4.76. The molecule has 0 bridgehead atoms. The summed E-state index contributed by atoms with van der Waals surface area (Å²) >= 11 is 7.23. The maximum Gasteiger partial charge on any atom is 0.261 e. The lowest BCUT2D eigenvalue weighted by atomic mass is 10.1. The van der Waals surface area contributed by atoms with Gasteiger partial charge in [-0.15, -0.1) is 0 Å². The number of fused-ring (bicyclic) bond motifs is 3. The molecule has 1 aromatic heterocycles. The molecule has 0 spiro atoms. The first-order chi connectivity index (χ1) is 17.1. The third-order valence-corrected chi connectivity index (χ3v) is 8.73. The van der Waals surface area contributed by atoms with Crippen LogP contribution in [0.2, 0.25) is 0 Å². The molecule has 4 aromatic carbocycles. The highest BCUT2D eigenvalue weighted by atomic mass is 79.9. The summed E-state index contributed by atoms with van der Waals surface area (Å²) in [6.45, 7) is 5.80. The Kier molecular flexibility index (Phi) is 6.39. The predicted octanol–water partition coefficient (Wildman–Crippen LogP) is 8.04. The van der Waals surface area contributed by atoms with E-state index in [0.717, 1.165) is 47.4 Å². The summed E-state index contributed by atoms with van der Waals surface area (Å²) in [6, 6.07) is 20.9. The van der Waals surface area contributed by atoms with Gasteiger partial charge in [-0.25, -0.2) is 8.42 Å². The number of aryl methyl sites for hydroxylation is 2. The first kappa shape index (κ1) is 24.9. The van der Waals surface area contributed by atoms with Crippen LogP contribution < -0.4 is 9.46 Å². The molecular formula is C28H24Br2N2O3S. The standard InChI is InChI=1S/C28H24Br2N2O3S/c1-16-5-9-21(10-6-16)36(33,34)31-24-13-17(2)28(35-4)18(3)27(24)32-25-14-19(29)7-11-22(25)23-12-8-20(30)15-26(23)32/h5-15,31H,1-4H3. The van der Waals surface area contributed by atoms with Crippen molar-refractivity contribution >= 4 is 69.4 Å². The number of rotatable bonds is 5. The van der Waals surface area contributed by atoms with Gasteiger partial charge in [-0.2, -0.15) is 0 Å². The van der Waals surface area contributed by atoms with Gasteiger partial charge in [-0.05, 0) is 68.8 Å². The lowest BCUT2D eigenvalue weighted by Crippen LogP contribution is -2.16. The zero-order chi connectivity index (χ0) is 25.8. The molecule has 0 aliphatic rings. The number of hydrogen-bond donors (Lipinski definition) is 1. The first-order valence-electron chi connectivity index (χ1n) is 11.3. The number of hydrogen-bond acceptors (Lipinski definition) is 3. The molecule has 5 rings (SSSR count). The van der Waals surface area contributed by atoms with E-state index in [-0.39, 0.29) is 4.90 Å². The quantitative estimate of drug-likeness (QED) is 0.214. The molecule has 5 nitrogen and oxygen atoms in total. The largest absolute Gasteiger partial charge is 0.496 e. The third-order valence-electron chi connectivity index (χ3n) is 6.36. The summed E-state index contributed by atoms with van der Waals surface area (Å²) < 4.78 is 39.6. The first-order valence-corrected chi connectivity index (χ1v) is 14.3. The molecule has 184 valence electrons. The van der Waals surface area contributed by atoms with E-state index in [1.807, 2.05) is 51.1 Å². The fourth-order valence-corrected chi connectivity index (χ4v) is 6.52. The van der Waals surface area contributed by atoms with Gasteiger partial charge in [-0.1, -0.05) is 61.7 Å². The van der Waals surface area contributed by atoms with Gasteiger partial charge in [0.25, 0.3) is 10.0 Å². The van der Waals surface area contributed by atoms with E-state index < -0.39 is 10.0 Å². The van der Waals surface area contributed by atoms with Gasteiger partial charge in [-0.3, -0.25) is 4.72 Å². The Morgan fingerprint density at radius 2 is 1.36 bits per heavy atom. The van der Waals surface area contributed by atoms with Crippen molar-refractivity contribution in [1.29, 1.82) is 0 Å². The molecule has 1 heterocycles. The molecule has 0 atom stereocenters. The summed E-state index contributed by atoms with van der Waals surface area (Å²) in [7, 11) is -2.21. The molecule has 0 amide bonds. The molecule has 0 saturated carbocycles. The average molecular weight is 628 g/mol. The minimum absolute atomic E-state index is 0.206. The van der Waals surface area contributed by atoms with Crippen LogP contribution in [0.5, 0.6) is 5.75 Å². The maximum absolute atomic E-state index is 13.5. The number of methoxy groups -OCH3 is 1. The molecule has 0 fully saturated rings. The van der Waals surface area contributed by atoms with Crippen LogP contribution in [0.3, 0.4) is 0 Å². The molecule has 1 N–H and O–H groups in total. The number of aromatic nitrogens is 1. The number of nitrogens with zero attached hydrogens (tertiary/aromatic N) is 1. The van der Waals surface area contributed by atoms with Gasteiger partial charge in [0, 0.05) is 25.3 Å². The van der Waals surface area contributed by atoms with Gasteiger partial charge < -0.3 is 9.30 Å². The Hall–Kier alpha value is -2.81. The van der Waals surface area contributed by atoms with Gasteiger partial charge >= 0.3 is 0 Å². The second-order valence-electron chi connectivity index (χ2n) is 8.82. The molecule has 0 aliphatic carbocycles. The second-order valence-corrected chi connectivity index (χ2v) is 12.3. The zero-order valence-electron chi connectivity index (χ0n) is 20.2. The van der Waals surface area contributed by atoms with Crippen LogP contribution in [0.1, 0.15) is 16.7 Å². The maximum atomic E-state index is 13.5. The van der Waals surface area contributed by atoms with Crippen LogP contribution >= 0.6 is 31.9 Å². The molecule has 0 unspecified atom stereocenters. The van der Waals surface area contributed by atoms with Crippen molar-refractivity contribution in [3.63, 3.8) is 0 Å². The Morgan fingerprint density at radius 1 is 0.806 bits per heavy atom. The van der Waals surface area contributed by atoms with Crippen molar-refractivity contribution in [2.75, 3.05) is 11.8 Å². The normalized spacial score (nSPS) is 11.8. The van der Waals surface area contributed by atoms with E-state index in [9.17, 15) is 8.42 Å². The topological polar surface area (TPSA) is 60.3 Å². The summed E-state index contributed by atoms with van der Waals surface area (Å²) in [4.78, 5) is 0.206. The smallest absolute Gasteiger partial charge is 0.261 e. The van der Waals surface area contributed by atoms with Crippen molar-refractivity contribution in [1.82, 2.24) is 4.57 Å². The van der Waals surface area contributed by atoms with E-state index in [1.165, 1.54) is 0 Å². The molecule has 0 aliphatic heterocycles. The van der Waals surface area contributed by atoms with Crippen molar-refractivity contribution in [2.45, 2.75) is 25.7 Å². The molecular weight excluding hydrogens is 604 g/mol. The molecule has 0 radical (unpaired) electrons. The van der Waals surface area contributed by atoms with Crippen molar-refractivity contribution in [3.05, 3.63) is 92.4 Å². The molecule has 5 aromatic rings. The van der Waals surface area contributed by atoms with Crippen molar-refractivity contribution in [2.24, 2.45) is 0 Å². The fraction of sp³-hybridized carbons (Fsp3) is 0.143. The Labute approximate surface area is 227 Å². The summed E-state index contributed by atoms with van der Waals surface area (Å²) in [5, 5.41) is 2.12. The number of halogens is 2. The second kappa shape index (κ2) is 9.25. The molecule has 0 saturated heterocycles. The van der Waals surface area contributed by atoms with Crippen LogP contribution in [0.15, 0.2) is 80.6 Å². The number of ether oxygens (including phenoxy) is 1. The van der Waals surface area contributed by atoms with Gasteiger partial charge in [0.05, 0.1) is 34.4 Å². The van der Waals surface area contributed by atoms with Crippen LogP contribution in [0, 0.1) is 20.8 Å². The number of nitrogens with one attached hydrogen (secondary N) is 1. The number of sulfonamides is 1. The van der Waals surface area contributed by atoms with Crippen molar-refractivity contribution < 1.29 is 13.2 Å². The Morgan fingerprint density at radius 3 is 1.89 bits per heavy atom. The number of benzene rings is 4. The Bertz CT molecular complexity index is 1700. The van der Waals surface area contributed by atoms with E-state index in [2.05, 4.69) is 53.3 Å². The van der Waals surface area contributed by atoms with E-state index in [4.69, 9.17) is 4.74 Å². The van der Waals surface area contributed by atoms with Crippen LogP contribution in [0.25, 0.3) is 27.5 Å². The number of anilines is 1. The third kappa shape index (κ3) is 4.21. The van der Waals surface area contributed by atoms with Crippen LogP contribution in [-0.4, -0.2) is 20.1 Å². The van der Waals surface area contributed by atoms with Gasteiger partial charge in [0.1, 0.15) is 5.75 Å². The van der Waals surface area contributed by atoms with E-state index in [1.54, 1.807) is 31.4 Å². The highest BCUT2D eigenvalue weighted by Crippen LogP contribution is 2.42. The Balaban J connectivity index is 1.86. The predicted molar refractivity (Wildman–Crippen MR) is 154 cm³/mol. The van der Waals surface area contributed by atoms with E-state index in [0.29, 0.717) is 17.1 Å². The lowest BCUT2D eigenvalue weighted by molar-refractivity contribution is 0.408. The van der Waals surface area contributed by atoms with Gasteiger partial charge in [0.15, 0.2) is 0 Å². The highest BCUT2D eigenvalue weighted by molar-refractivity contribution is 9.10.